The number of para-hydroxylation sites is 1. The second kappa shape index (κ2) is 7.28. The smallest absolute Gasteiger partial charge is 0.262 e. The maximum Gasteiger partial charge on any atom is 0.262 e. The molecule has 1 atom stereocenters. The van der Waals surface area contributed by atoms with Gasteiger partial charge in [-0.05, 0) is 36.6 Å². The van der Waals surface area contributed by atoms with Crippen LogP contribution in [-0.4, -0.2) is 41.0 Å². The number of fused-ring (bicyclic) bond motifs is 2. The minimum absolute atomic E-state index is 0.00853. The number of anilines is 1. The number of hydrogen-bond donors (Lipinski definition) is 0. The highest BCUT2D eigenvalue weighted by molar-refractivity contribution is 6.23. The van der Waals surface area contributed by atoms with Crippen LogP contribution in [0.1, 0.15) is 57.8 Å². The van der Waals surface area contributed by atoms with E-state index in [0.29, 0.717) is 28.8 Å². The predicted octanol–water partition coefficient (Wildman–Crippen LogP) is 3.32. The van der Waals surface area contributed by atoms with Crippen LogP contribution in [0.15, 0.2) is 48.5 Å². The van der Waals surface area contributed by atoms with Gasteiger partial charge in [0, 0.05) is 18.5 Å². The van der Waals surface area contributed by atoms with Crippen LogP contribution < -0.4 is 4.90 Å². The van der Waals surface area contributed by atoms with Gasteiger partial charge in [0.25, 0.3) is 11.8 Å². The minimum atomic E-state index is -0.913. The lowest BCUT2D eigenvalue weighted by molar-refractivity contribution is -0.123. The molecule has 3 amide bonds. The summed E-state index contributed by atoms with van der Waals surface area (Å²) in [5.41, 5.74) is 1.69. The lowest BCUT2D eigenvalue weighted by Gasteiger charge is -2.35. The van der Waals surface area contributed by atoms with Crippen LogP contribution in [0.5, 0.6) is 0 Å². The fraction of sp³-hybridized carbons (Fsp3) is 0.304. The van der Waals surface area contributed by atoms with Gasteiger partial charge in [0.2, 0.25) is 5.91 Å². The van der Waals surface area contributed by atoms with Gasteiger partial charge in [-0.2, -0.15) is 0 Å². The van der Waals surface area contributed by atoms with Crippen molar-refractivity contribution in [2.24, 2.45) is 5.92 Å². The third kappa shape index (κ3) is 3.14. The molecule has 2 aliphatic heterocycles. The fourth-order valence-electron chi connectivity index (χ4n) is 4.08. The van der Waals surface area contributed by atoms with E-state index in [-0.39, 0.29) is 30.6 Å². The number of rotatable bonds is 4. The van der Waals surface area contributed by atoms with E-state index in [1.54, 1.807) is 53.4 Å². The maximum atomic E-state index is 13.6. The highest BCUT2D eigenvalue weighted by atomic mass is 16.2. The van der Waals surface area contributed by atoms with E-state index in [9.17, 15) is 19.2 Å². The molecule has 6 heteroatoms. The first kappa shape index (κ1) is 19.1. The molecule has 0 bridgehead atoms. The van der Waals surface area contributed by atoms with Crippen molar-refractivity contribution >= 4 is 29.2 Å². The molecule has 2 heterocycles. The van der Waals surface area contributed by atoms with Crippen molar-refractivity contribution in [2.45, 2.75) is 32.7 Å². The van der Waals surface area contributed by atoms with Gasteiger partial charge in [-0.1, -0.05) is 38.1 Å². The first-order chi connectivity index (χ1) is 13.9. The van der Waals surface area contributed by atoms with Crippen LogP contribution in [0.3, 0.4) is 0 Å². The molecule has 29 heavy (non-hydrogen) atoms. The number of imide groups is 1. The zero-order chi connectivity index (χ0) is 20.7. The van der Waals surface area contributed by atoms with Gasteiger partial charge in [-0.3, -0.25) is 24.1 Å². The van der Waals surface area contributed by atoms with Gasteiger partial charge >= 0.3 is 0 Å². The van der Waals surface area contributed by atoms with Crippen LogP contribution in [0.2, 0.25) is 0 Å². The summed E-state index contributed by atoms with van der Waals surface area (Å²) >= 11 is 0. The Balaban J connectivity index is 1.73. The van der Waals surface area contributed by atoms with Crippen molar-refractivity contribution in [2.75, 3.05) is 11.4 Å². The number of nitrogens with zero attached hydrogens (tertiary/aromatic N) is 2. The lowest BCUT2D eigenvalue weighted by atomic mass is 9.96. The molecule has 2 aromatic rings. The SMILES string of the molecule is CC(C)CC(C(=O)N1CCC(=O)c2ccccc21)N1C(=O)c2ccccc2C1=O. The molecular weight excluding hydrogens is 368 g/mol. The van der Waals surface area contributed by atoms with Crippen molar-refractivity contribution in [1.29, 1.82) is 0 Å². The summed E-state index contributed by atoms with van der Waals surface area (Å²) in [7, 11) is 0. The first-order valence-electron chi connectivity index (χ1n) is 9.80. The molecule has 0 spiro atoms. The summed E-state index contributed by atoms with van der Waals surface area (Å²) in [5, 5.41) is 0. The second-order valence-corrected chi connectivity index (χ2v) is 7.85. The summed E-state index contributed by atoms with van der Waals surface area (Å²) in [6, 6.07) is 12.7. The Morgan fingerprint density at radius 1 is 0.897 bits per heavy atom. The lowest BCUT2D eigenvalue weighted by Crippen LogP contribution is -2.53. The predicted molar refractivity (Wildman–Crippen MR) is 108 cm³/mol. The standard InChI is InChI=1S/C23H22N2O4/c1-14(2)13-19(25-21(27)15-7-3-4-8-16(15)22(25)28)23(29)24-12-11-20(26)17-9-5-6-10-18(17)24/h3-10,14,19H,11-13H2,1-2H3. The molecule has 0 saturated carbocycles. The Morgan fingerprint density at radius 2 is 1.45 bits per heavy atom. The van der Waals surface area contributed by atoms with Gasteiger partial charge in [0.1, 0.15) is 6.04 Å². The summed E-state index contributed by atoms with van der Waals surface area (Å²) in [6.07, 6.45) is 0.580. The van der Waals surface area contributed by atoms with E-state index >= 15 is 0 Å². The van der Waals surface area contributed by atoms with E-state index in [1.165, 1.54) is 0 Å². The zero-order valence-electron chi connectivity index (χ0n) is 16.4. The largest absolute Gasteiger partial charge is 0.309 e. The molecule has 0 radical (unpaired) electrons. The Bertz CT molecular complexity index is 992. The quantitative estimate of drug-likeness (QED) is 0.751. The monoisotopic (exact) mass is 390 g/mol. The summed E-state index contributed by atoms with van der Waals surface area (Å²) in [4.78, 5) is 54.5. The molecule has 2 aliphatic rings. The Kier molecular flexibility index (Phi) is 4.78. The second-order valence-electron chi connectivity index (χ2n) is 7.85. The van der Waals surface area contributed by atoms with Gasteiger partial charge in [0.05, 0.1) is 16.8 Å². The van der Waals surface area contributed by atoms with Crippen LogP contribution >= 0.6 is 0 Å². The van der Waals surface area contributed by atoms with E-state index < -0.39 is 17.9 Å². The number of carbonyl (C=O) groups is 4. The van der Waals surface area contributed by atoms with Crippen molar-refractivity contribution in [3.63, 3.8) is 0 Å². The molecule has 0 fully saturated rings. The zero-order valence-corrected chi connectivity index (χ0v) is 16.4. The van der Waals surface area contributed by atoms with Gasteiger partial charge in [-0.25, -0.2) is 0 Å². The van der Waals surface area contributed by atoms with Crippen LogP contribution in [0.25, 0.3) is 0 Å². The van der Waals surface area contributed by atoms with Crippen molar-refractivity contribution in [3.8, 4) is 0 Å². The van der Waals surface area contributed by atoms with Crippen LogP contribution in [0.4, 0.5) is 5.69 Å². The van der Waals surface area contributed by atoms with Crippen molar-refractivity contribution < 1.29 is 19.2 Å². The highest BCUT2D eigenvalue weighted by Gasteiger charge is 2.44. The average Bonchev–Trinajstić information content (AvgIpc) is 2.97. The van der Waals surface area contributed by atoms with E-state index in [4.69, 9.17) is 0 Å². The summed E-state index contributed by atoms with van der Waals surface area (Å²) in [6.45, 7) is 4.14. The van der Waals surface area contributed by atoms with Gasteiger partial charge in [0.15, 0.2) is 5.78 Å². The molecule has 6 nitrogen and oxygen atoms in total. The van der Waals surface area contributed by atoms with Crippen LogP contribution in [0, 0.1) is 5.92 Å². The topological polar surface area (TPSA) is 74.8 Å². The fourth-order valence-corrected chi connectivity index (χ4v) is 4.08. The van der Waals surface area contributed by atoms with Gasteiger partial charge in [-0.15, -0.1) is 0 Å². The van der Waals surface area contributed by atoms with Crippen molar-refractivity contribution in [1.82, 2.24) is 4.90 Å². The van der Waals surface area contributed by atoms with Crippen LogP contribution in [-0.2, 0) is 4.79 Å². The minimum Gasteiger partial charge on any atom is -0.309 e. The third-order valence-corrected chi connectivity index (χ3v) is 5.44. The molecule has 0 N–H and O–H groups in total. The number of amides is 3. The molecule has 1 unspecified atom stereocenters. The number of carbonyl (C=O) groups excluding carboxylic acids is 4. The molecule has 4 rings (SSSR count). The van der Waals surface area contributed by atoms with Gasteiger partial charge < -0.3 is 4.90 Å². The first-order valence-corrected chi connectivity index (χ1v) is 9.80. The number of hydrogen-bond acceptors (Lipinski definition) is 4. The molecule has 148 valence electrons. The highest BCUT2D eigenvalue weighted by Crippen LogP contribution is 2.32. The number of Topliss-reactive ketones (excluding diaryl/α,β-unsaturated/α-hetero) is 1. The number of benzene rings is 2. The average molecular weight is 390 g/mol. The van der Waals surface area contributed by atoms with E-state index in [0.717, 1.165) is 4.90 Å². The van der Waals surface area contributed by atoms with E-state index in [2.05, 4.69) is 0 Å². The number of ketones is 1. The van der Waals surface area contributed by atoms with Crippen molar-refractivity contribution in [3.05, 3.63) is 65.2 Å². The maximum absolute atomic E-state index is 13.6. The van der Waals surface area contributed by atoms with E-state index in [1.807, 2.05) is 13.8 Å². The third-order valence-electron chi connectivity index (χ3n) is 5.44. The Labute approximate surface area is 169 Å². The molecule has 2 aromatic carbocycles. The molecular formula is C23H22N2O4. The molecule has 0 aromatic heterocycles. The summed E-state index contributed by atoms with van der Waals surface area (Å²) < 4.78 is 0. The normalized spacial score (nSPS) is 16.9. The molecule has 0 aliphatic carbocycles. The Morgan fingerprint density at radius 3 is 2.03 bits per heavy atom. The Hall–Kier alpha value is -3.28. The summed E-state index contributed by atoms with van der Waals surface area (Å²) in [5.74, 6) is -1.12. The molecule has 0 saturated heterocycles.